The van der Waals surface area contributed by atoms with Gasteiger partial charge in [0.2, 0.25) is 0 Å². The molecule has 1 saturated carbocycles. The molecule has 2 heterocycles. The third-order valence-corrected chi connectivity index (χ3v) is 7.63. The van der Waals surface area contributed by atoms with Crippen molar-refractivity contribution in [3.63, 3.8) is 0 Å². The molecule has 0 saturated heterocycles. The van der Waals surface area contributed by atoms with Crippen molar-refractivity contribution in [1.29, 1.82) is 5.41 Å². The van der Waals surface area contributed by atoms with Gasteiger partial charge in [0.1, 0.15) is 0 Å². The summed E-state index contributed by atoms with van der Waals surface area (Å²) in [6.45, 7) is 1.98. The topological polar surface area (TPSA) is 81.9 Å². The number of fused-ring (bicyclic) bond motifs is 3. The van der Waals surface area contributed by atoms with E-state index in [1.165, 1.54) is 17.3 Å². The van der Waals surface area contributed by atoms with Gasteiger partial charge in [0.25, 0.3) is 0 Å². The Morgan fingerprint density at radius 3 is 2.85 bits per heavy atom. The minimum absolute atomic E-state index is 0.0526. The second-order valence-electron chi connectivity index (χ2n) is 9.72. The van der Waals surface area contributed by atoms with Crippen molar-refractivity contribution in [2.45, 2.75) is 63.4 Å². The van der Waals surface area contributed by atoms with Crippen LogP contribution in [0.3, 0.4) is 0 Å². The standard InChI is InChI=1S/C28H32N4O/c1-19-13-23(9-12-30-19)32-27-15-20-5-4-6-22-16-25(33)8-10-28(22,26(20)14-21(27)18-29)17-24-7-2-3-11-31-24/h2-3,7,9,11-15,18,22,25,29,33H,4-6,8,10,16-17H2,1H3,(H,30,32). The smallest absolute Gasteiger partial charge is 0.0543 e. The minimum atomic E-state index is -0.216. The van der Waals surface area contributed by atoms with E-state index >= 15 is 0 Å². The van der Waals surface area contributed by atoms with Crippen LogP contribution >= 0.6 is 0 Å². The number of nitrogens with one attached hydrogen (secondary N) is 2. The van der Waals surface area contributed by atoms with E-state index < -0.39 is 0 Å². The summed E-state index contributed by atoms with van der Waals surface area (Å²) in [6, 6.07) is 14.7. The predicted octanol–water partition coefficient (Wildman–Crippen LogP) is 5.50. The number of aliphatic hydroxyl groups is 1. The van der Waals surface area contributed by atoms with Gasteiger partial charge in [-0.1, -0.05) is 6.07 Å². The molecule has 2 aliphatic carbocycles. The van der Waals surface area contributed by atoms with Gasteiger partial charge in [-0.05, 0) is 105 Å². The maximum atomic E-state index is 10.5. The molecule has 3 unspecified atom stereocenters. The number of aryl methyl sites for hydroxylation is 2. The molecule has 0 amide bonds. The van der Waals surface area contributed by atoms with Crippen LogP contribution in [0.2, 0.25) is 0 Å². The van der Waals surface area contributed by atoms with Crippen LogP contribution in [0.1, 0.15) is 60.2 Å². The molecule has 1 fully saturated rings. The van der Waals surface area contributed by atoms with E-state index in [4.69, 9.17) is 5.41 Å². The van der Waals surface area contributed by atoms with Crippen molar-refractivity contribution in [2.75, 3.05) is 5.32 Å². The fourth-order valence-electron chi connectivity index (χ4n) is 6.08. The molecular weight excluding hydrogens is 408 g/mol. The normalized spacial score (nSPS) is 24.3. The highest BCUT2D eigenvalue weighted by Gasteiger charge is 2.46. The van der Waals surface area contributed by atoms with E-state index in [-0.39, 0.29) is 11.5 Å². The molecule has 5 nitrogen and oxygen atoms in total. The van der Waals surface area contributed by atoms with E-state index in [1.807, 2.05) is 37.5 Å². The van der Waals surface area contributed by atoms with Gasteiger partial charge < -0.3 is 15.8 Å². The molecule has 170 valence electrons. The molecular formula is C28H32N4O. The van der Waals surface area contributed by atoms with Gasteiger partial charge in [0.15, 0.2) is 0 Å². The molecule has 5 heteroatoms. The van der Waals surface area contributed by atoms with Gasteiger partial charge in [-0.15, -0.1) is 0 Å². The molecule has 0 aliphatic heterocycles. The summed E-state index contributed by atoms with van der Waals surface area (Å²) in [7, 11) is 0. The maximum absolute atomic E-state index is 10.5. The molecule has 33 heavy (non-hydrogen) atoms. The highest BCUT2D eigenvalue weighted by Crippen LogP contribution is 2.51. The van der Waals surface area contributed by atoms with E-state index in [1.54, 1.807) is 0 Å². The minimum Gasteiger partial charge on any atom is -0.393 e. The Morgan fingerprint density at radius 2 is 2.06 bits per heavy atom. The predicted molar refractivity (Wildman–Crippen MR) is 132 cm³/mol. The number of aromatic nitrogens is 2. The summed E-state index contributed by atoms with van der Waals surface area (Å²) < 4.78 is 0. The number of nitrogens with zero attached hydrogens (tertiary/aromatic N) is 2. The second kappa shape index (κ2) is 9.06. The Kier molecular flexibility index (Phi) is 5.98. The van der Waals surface area contributed by atoms with Crippen LogP contribution < -0.4 is 5.32 Å². The van der Waals surface area contributed by atoms with E-state index in [2.05, 4.69) is 39.6 Å². The second-order valence-corrected chi connectivity index (χ2v) is 9.72. The average molecular weight is 441 g/mol. The summed E-state index contributed by atoms with van der Waals surface area (Å²) in [4.78, 5) is 8.98. The zero-order valence-electron chi connectivity index (χ0n) is 19.2. The SMILES string of the molecule is Cc1cc(Nc2cc3c(cc2C=N)C2(Cc4ccccn4)CCC(O)CC2CCC3)ccn1. The summed E-state index contributed by atoms with van der Waals surface area (Å²) in [6.07, 6.45) is 11.7. The first-order valence-electron chi connectivity index (χ1n) is 12.0. The largest absolute Gasteiger partial charge is 0.393 e. The lowest BCUT2D eigenvalue weighted by molar-refractivity contribution is 0.0464. The average Bonchev–Trinajstić information content (AvgIpc) is 2.96. The molecule has 5 rings (SSSR count). The zero-order chi connectivity index (χ0) is 22.8. The van der Waals surface area contributed by atoms with Gasteiger partial charge in [-0.25, -0.2) is 0 Å². The fourth-order valence-corrected chi connectivity index (χ4v) is 6.08. The van der Waals surface area contributed by atoms with Crippen LogP contribution in [0.4, 0.5) is 11.4 Å². The number of hydrogen-bond donors (Lipinski definition) is 3. The highest BCUT2D eigenvalue weighted by atomic mass is 16.3. The Balaban J connectivity index is 1.61. The zero-order valence-corrected chi connectivity index (χ0v) is 19.2. The number of benzene rings is 1. The molecule has 3 aromatic rings. The van der Waals surface area contributed by atoms with Crippen molar-refractivity contribution in [1.82, 2.24) is 9.97 Å². The molecule has 0 radical (unpaired) electrons. The third kappa shape index (κ3) is 4.30. The van der Waals surface area contributed by atoms with Gasteiger partial charge >= 0.3 is 0 Å². The van der Waals surface area contributed by atoms with Gasteiger partial charge in [0, 0.05) is 52.3 Å². The molecule has 1 aromatic carbocycles. The quantitative estimate of drug-likeness (QED) is 0.457. The summed E-state index contributed by atoms with van der Waals surface area (Å²) in [5.41, 5.74) is 7.60. The number of rotatable bonds is 5. The molecule has 0 spiro atoms. The molecule has 3 atom stereocenters. The molecule has 2 aliphatic rings. The molecule has 0 bridgehead atoms. The van der Waals surface area contributed by atoms with Crippen molar-refractivity contribution in [2.24, 2.45) is 5.92 Å². The van der Waals surface area contributed by atoms with Gasteiger partial charge in [-0.2, -0.15) is 0 Å². The Morgan fingerprint density at radius 1 is 1.15 bits per heavy atom. The summed E-state index contributed by atoms with van der Waals surface area (Å²) in [5.74, 6) is 0.421. The fraction of sp³-hybridized carbons (Fsp3) is 0.393. The van der Waals surface area contributed by atoms with E-state index in [9.17, 15) is 5.11 Å². The van der Waals surface area contributed by atoms with Crippen molar-refractivity contribution in [3.8, 4) is 0 Å². The van der Waals surface area contributed by atoms with Crippen LogP contribution in [-0.2, 0) is 18.3 Å². The number of anilines is 2. The molecule has 2 aromatic heterocycles. The lowest BCUT2D eigenvalue weighted by atomic mass is 9.58. The van der Waals surface area contributed by atoms with Crippen LogP contribution in [-0.4, -0.2) is 27.4 Å². The first-order valence-corrected chi connectivity index (χ1v) is 12.0. The Bertz CT molecular complexity index is 1150. The van der Waals surface area contributed by atoms with Gasteiger partial charge in [0.05, 0.1) is 6.10 Å². The van der Waals surface area contributed by atoms with Crippen LogP contribution in [0.5, 0.6) is 0 Å². The number of pyridine rings is 2. The van der Waals surface area contributed by atoms with Crippen molar-refractivity contribution in [3.05, 3.63) is 82.9 Å². The number of aliphatic hydroxyl groups excluding tert-OH is 1. The lowest BCUT2D eigenvalue weighted by Crippen LogP contribution is -2.44. The van der Waals surface area contributed by atoms with Crippen LogP contribution in [0.15, 0.2) is 54.9 Å². The first-order chi connectivity index (χ1) is 16.1. The van der Waals surface area contributed by atoms with Gasteiger partial charge in [-0.3, -0.25) is 9.97 Å². The third-order valence-electron chi connectivity index (χ3n) is 7.63. The van der Waals surface area contributed by atoms with E-state index in [0.29, 0.717) is 5.92 Å². The summed E-state index contributed by atoms with van der Waals surface area (Å²) in [5, 5.41) is 22.2. The monoisotopic (exact) mass is 440 g/mol. The summed E-state index contributed by atoms with van der Waals surface area (Å²) >= 11 is 0. The van der Waals surface area contributed by atoms with Crippen molar-refractivity contribution < 1.29 is 5.11 Å². The number of hydrogen-bond acceptors (Lipinski definition) is 5. The van der Waals surface area contributed by atoms with Crippen molar-refractivity contribution >= 4 is 17.6 Å². The molecule has 3 N–H and O–H groups in total. The van der Waals surface area contributed by atoms with E-state index in [0.717, 1.165) is 73.3 Å². The highest BCUT2D eigenvalue weighted by molar-refractivity contribution is 5.88. The lowest BCUT2D eigenvalue weighted by Gasteiger charge is -2.46. The Labute approximate surface area is 195 Å². The first kappa shape index (κ1) is 21.8. The van der Waals surface area contributed by atoms with Crippen LogP contribution in [0, 0.1) is 18.3 Å². The maximum Gasteiger partial charge on any atom is 0.0543 e. The van der Waals surface area contributed by atoms with Crippen LogP contribution in [0.25, 0.3) is 0 Å². The Hall–Kier alpha value is -3.05.